The number of amides is 1. The average molecular weight is 372 g/mol. The predicted molar refractivity (Wildman–Crippen MR) is 99.8 cm³/mol. The summed E-state index contributed by atoms with van der Waals surface area (Å²) in [6, 6.07) is 14.4. The lowest BCUT2D eigenvalue weighted by molar-refractivity contribution is 0.0939. The molecular formula is C19H15Cl2N3O. The fraction of sp³-hybridized carbons (Fsp3) is 0.105. The Labute approximate surface area is 155 Å². The van der Waals surface area contributed by atoms with Gasteiger partial charge in [0.05, 0.1) is 11.6 Å². The molecule has 0 aliphatic heterocycles. The number of carbonyl (C=O) groups is 1. The van der Waals surface area contributed by atoms with Gasteiger partial charge in [-0.15, -0.1) is 0 Å². The zero-order chi connectivity index (χ0) is 17.8. The molecule has 0 bridgehead atoms. The third-order valence-corrected chi connectivity index (χ3v) is 4.24. The van der Waals surface area contributed by atoms with Gasteiger partial charge in [0.2, 0.25) is 0 Å². The lowest BCUT2D eigenvalue weighted by atomic mass is 10.1. The average Bonchev–Trinajstić information content (AvgIpc) is 2.63. The number of hydrogen-bond donors (Lipinski definition) is 1. The first-order valence-corrected chi connectivity index (χ1v) is 8.43. The summed E-state index contributed by atoms with van der Waals surface area (Å²) in [5.74, 6) is 0.309. The van der Waals surface area contributed by atoms with Crippen LogP contribution in [0.25, 0.3) is 11.4 Å². The van der Waals surface area contributed by atoms with Crippen LogP contribution in [0.15, 0.2) is 60.9 Å². The maximum absolute atomic E-state index is 12.4. The normalized spacial score (nSPS) is 11.8. The molecule has 0 unspecified atom stereocenters. The molecule has 1 heterocycles. The third kappa shape index (κ3) is 4.35. The molecule has 126 valence electrons. The van der Waals surface area contributed by atoms with Gasteiger partial charge in [-0.2, -0.15) is 0 Å². The Balaban J connectivity index is 1.70. The van der Waals surface area contributed by atoms with Gasteiger partial charge >= 0.3 is 0 Å². The Morgan fingerprint density at radius 3 is 2.00 bits per heavy atom. The molecule has 3 aromatic rings. The first-order valence-electron chi connectivity index (χ1n) is 7.67. The van der Waals surface area contributed by atoms with Gasteiger partial charge < -0.3 is 5.32 Å². The molecule has 0 spiro atoms. The summed E-state index contributed by atoms with van der Waals surface area (Å²) < 4.78 is 0. The highest BCUT2D eigenvalue weighted by atomic mass is 35.5. The summed E-state index contributed by atoms with van der Waals surface area (Å²) in [6.07, 6.45) is 3.03. The van der Waals surface area contributed by atoms with E-state index in [9.17, 15) is 4.79 Å². The minimum atomic E-state index is -0.231. The standard InChI is InChI=1S/C19H15Cl2N3O/c1-12(13-2-6-16(20)7-3-13)24-19(25)15-10-22-18(23-11-15)14-4-8-17(21)9-5-14/h2-12H,1H3,(H,24,25)/t12-/m1/s1. The van der Waals surface area contributed by atoms with Crippen LogP contribution >= 0.6 is 23.2 Å². The van der Waals surface area contributed by atoms with Crippen molar-refractivity contribution in [3.63, 3.8) is 0 Å². The molecule has 6 heteroatoms. The zero-order valence-electron chi connectivity index (χ0n) is 13.4. The van der Waals surface area contributed by atoms with Gasteiger partial charge in [0.1, 0.15) is 0 Å². The van der Waals surface area contributed by atoms with Crippen LogP contribution in [0.4, 0.5) is 0 Å². The summed E-state index contributed by atoms with van der Waals surface area (Å²) in [6.45, 7) is 1.91. The maximum Gasteiger partial charge on any atom is 0.254 e. The summed E-state index contributed by atoms with van der Waals surface area (Å²) in [7, 11) is 0. The molecule has 0 fully saturated rings. The molecule has 0 saturated carbocycles. The van der Waals surface area contributed by atoms with Gasteiger partial charge in [-0.05, 0) is 48.9 Å². The molecule has 4 nitrogen and oxygen atoms in total. The van der Waals surface area contributed by atoms with E-state index in [1.807, 2.05) is 31.2 Å². The quantitative estimate of drug-likeness (QED) is 0.706. The van der Waals surface area contributed by atoms with Crippen molar-refractivity contribution in [2.75, 3.05) is 0 Å². The monoisotopic (exact) mass is 371 g/mol. The topological polar surface area (TPSA) is 54.9 Å². The van der Waals surface area contributed by atoms with Crippen LogP contribution in [0.2, 0.25) is 10.0 Å². The van der Waals surface area contributed by atoms with E-state index in [2.05, 4.69) is 15.3 Å². The van der Waals surface area contributed by atoms with Gasteiger partial charge in [-0.3, -0.25) is 4.79 Å². The molecule has 0 aliphatic rings. The fourth-order valence-corrected chi connectivity index (χ4v) is 2.56. The fourth-order valence-electron chi connectivity index (χ4n) is 2.31. The molecule has 3 rings (SSSR count). The van der Waals surface area contributed by atoms with E-state index in [1.165, 1.54) is 12.4 Å². The smallest absolute Gasteiger partial charge is 0.254 e. The molecule has 0 radical (unpaired) electrons. The zero-order valence-corrected chi connectivity index (χ0v) is 14.9. The van der Waals surface area contributed by atoms with Crippen LogP contribution < -0.4 is 5.32 Å². The van der Waals surface area contributed by atoms with Gasteiger partial charge in [0, 0.05) is 28.0 Å². The van der Waals surface area contributed by atoms with Gasteiger partial charge in [-0.1, -0.05) is 35.3 Å². The predicted octanol–water partition coefficient (Wildman–Crippen LogP) is 4.94. The van der Waals surface area contributed by atoms with E-state index in [0.29, 0.717) is 21.4 Å². The van der Waals surface area contributed by atoms with Crippen LogP contribution in [-0.4, -0.2) is 15.9 Å². The second kappa shape index (κ2) is 7.64. The number of rotatable bonds is 4. The maximum atomic E-state index is 12.4. The van der Waals surface area contributed by atoms with E-state index in [4.69, 9.17) is 23.2 Å². The second-order valence-electron chi connectivity index (χ2n) is 5.55. The minimum Gasteiger partial charge on any atom is -0.345 e. The summed E-state index contributed by atoms with van der Waals surface area (Å²) in [5, 5.41) is 4.23. The number of nitrogens with one attached hydrogen (secondary N) is 1. The first kappa shape index (κ1) is 17.4. The molecular weight excluding hydrogens is 357 g/mol. The SMILES string of the molecule is C[C@@H](NC(=O)c1cnc(-c2ccc(Cl)cc2)nc1)c1ccc(Cl)cc1. The van der Waals surface area contributed by atoms with Crippen LogP contribution in [0.3, 0.4) is 0 Å². The van der Waals surface area contributed by atoms with Crippen molar-refractivity contribution in [1.82, 2.24) is 15.3 Å². The Morgan fingerprint density at radius 1 is 0.920 bits per heavy atom. The number of halogens is 2. The van der Waals surface area contributed by atoms with E-state index in [-0.39, 0.29) is 11.9 Å². The van der Waals surface area contributed by atoms with Crippen molar-refractivity contribution >= 4 is 29.1 Å². The lowest BCUT2D eigenvalue weighted by Gasteiger charge is -2.14. The van der Waals surface area contributed by atoms with E-state index in [1.54, 1.807) is 24.3 Å². The van der Waals surface area contributed by atoms with Gasteiger partial charge in [-0.25, -0.2) is 9.97 Å². The Hall–Kier alpha value is -2.43. The number of carbonyl (C=O) groups excluding carboxylic acids is 1. The lowest BCUT2D eigenvalue weighted by Crippen LogP contribution is -2.26. The molecule has 1 amide bonds. The Morgan fingerprint density at radius 2 is 1.44 bits per heavy atom. The van der Waals surface area contributed by atoms with Crippen LogP contribution in [-0.2, 0) is 0 Å². The van der Waals surface area contributed by atoms with Crippen LogP contribution in [0, 0.1) is 0 Å². The molecule has 1 atom stereocenters. The highest BCUT2D eigenvalue weighted by Crippen LogP contribution is 2.19. The van der Waals surface area contributed by atoms with Crippen molar-refractivity contribution in [1.29, 1.82) is 0 Å². The summed E-state index contributed by atoms with van der Waals surface area (Å²) in [4.78, 5) is 20.9. The highest BCUT2D eigenvalue weighted by molar-refractivity contribution is 6.30. The first-order chi connectivity index (χ1) is 12.0. The molecule has 0 saturated heterocycles. The number of aromatic nitrogens is 2. The van der Waals surface area contributed by atoms with Crippen molar-refractivity contribution in [2.45, 2.75) is 13.0 Å². The number of benzene rings is 2. The van der Waals surface area contributed by atoms with Crippen molar-refractivity contribution in [3.8, 4) is 11.4 Å². The largest absolute Gasteiger partial charge is 0.345 e. The van der Waals surface area contributed by atoms with Crippen molar-refractivity contribution < 1.29 is 4.79 Å². The molecule has 0 aliphatic carbocycles. The van der Waals surface area contributed by atoms with Crippen LogP contribution in [0.5, 0.6) is 0 Å². The van der Waals surface area contributed by atoms with E-state index >= 15 is 0 Å². The number of nitrogens with zero attached hydrogens (tertiary/aromatic N) is 2. The molecule has 2 aromatic carbocycles. The molecule has 25 heavy (non-hydrogen) atoms. The second-order valence-corrected chi connectivity index (χ2v) is 6.42. The highest BCUT2D eigenvalue weighted by Gasteiger charge is 2.13. The van der Waals surface area contributed by atoms with E-state index in [0.717, 1.165) is 11.1 Å². The summed E-state index contributed by atoms with van der Waals surface area (Å²) >= 11 is 11.8. The molecule has 1 N–H and O–H groups in total. The Bertz CT molecular complexity index is 863. The Kier molecular flexibility index (Phi) is 5.31. The van der Waals surface area contributed by atoms with Crippen molar-refractivity contribution in [3.05, 3.63) is 82.1 Å². The van der Waals surface area contributed by atoms with Crippen LogP contribution in [0.1, 0.15) is 28.9 Å². The number of hydrogen-bond acceptors (Lipinski definition) is 3. The van der Waals surface area contributed by atoms with Gasteiger partial charge in [0.15, 0.2) is 5.82 Å². The van der Waals surface area contributed by atoms with E-state index < -0.39 is 0 Å². The van der Waals surface area contributed by atoms with Crippen molar-refractivity contribution in [2.24, 2.45) is 0 Å². The van der Waals surface area contributed by atoms with Gasteiger partial charge in [0.25, 0.3) is 5.91 Å². The molecule has 1 aromatic heterocycles. The third-order valence-electron chi connectivity index (χ3n) is 3.73. The minimum absolute atomic E-state index is 0.152. The summed E-state index contributed by atoms with van der Waals surface area (Å²) in [5.41, 5.74) is 2.21.